The monoisotopic (exact) mass is 328 g/mol. The summed E-state index contributed by atoms with van der Waals surface area (Å²) in [4.78, 5) is 28.9. The second-order valence-electron chi connectivity index (χ2n) is 6.38. The molecule has 0 spiro atoms. The summed E-state index contributed by atoms with van der Waals surface area (Å²) in [5.74, 6) is 1.49. The zero-order chi connectivity index (χ0) is 16.4. The molecule has 24 heavy (non-hydrogen) atoms. The fourth-order valence-electron chi connectivity index (χ4n) is 3.21. The van der Waals surface area contributed by atoms with Crippen molar-refractivity contribution in [1.29, 1.82) is 0 Å². The Kier molecular flexibility index (Phi) is 4.20. The van der Waals surface area contributed by atoms with Gasteiger partial charge in [-0.25, -0.2) is 4.98 Å². The average molecular weight is 328 g/mol. The van der Waals surface area contributed by atoms with E-state index in [1.54, 1.807) is 18.6 Å². The predicted molar refractivity (Wildman–Crippen MR) is 84.9 cm³/mol. The average Bonchev–Trinajstić information content (AvgIpc) is 3.08. The summed E-state index contributed by atoms with van der Waals surface area (Å²) >= 11 is 0. The van der Waals surface area contributed by atoms with Crippen LogP contribution < -0.4 is 0 Å². The first-order valence-corrected chi connectivity index (χ1v) is 8.40. The fraction of sp³-hybridized carbons (Fsp3) is 0.562. The van der Waals surface area contributed by atoms with Crippen molar-refractivity contribution in [2.75, 3.05) is 32.7 Å². The molecule has 2 saturated heterocycles. The molecule has 126 valence electrons. The summed E-state index contributed by atoms with van der Waals surface area (Å²) in [5.41, 5.74) is 0.601. The minimum atomic E-state index is 0.192. The molecule has 0 aromatic carbocycles. The Bertz CT molecular complexity index is 692. The Hall–Kier alpha value is -2.35. The largest absolute Gasteiger partial charge is 0.342 e. The van der Waals surface area contributed by atoms with E-state index in [1.807, 2.05) is 4.90 Å². The Morgan fingerprint density at radius 2 is 2.04 bits per heavy atom. The summed E-state index contributed by atoms with van der Waals surface area (Å²) in [7, 11) is 0. The van der Waals surface area contributed by atoms with Gasteiger partial charge in [-0.1, -0.05) is 5.16 Å². The van der Waals surface area contributed by atoms with Crippen molar-refractivity contribution in [2.45, 2.75) is 25.2 Å². The minimum Gasteiger partial charge on any atom is -0.342 e. The van der Waals surface area contributed by atoms with Gasteiger partial charge >= 0.3 is 0 Å². The van der Waals surface area contributed by atoms with E-state index in [0.717, 1.165) is 39.0 Å². The van der Waals surface area contributed by atoms with E-state index in [-0.39, 0.29) is 11.8 Å². The van der Waals surface area contributed by atoms with Crippen molar-refractivity contribution in [3.63, 3.8) is 0 Å². The van der Waals surface area contributed by atoms with Crippen LogP contribution in [0.5, 0.6) is 0 Å². The number of piperidine rings is 1. The number of carbonyl (C=O) groups is 1. The van der Waals surface area contributed by atoms with Crippen LogP contribution in [-0.2, 0) is 4.79 Å². The lowest BCUT2D eigenvalue weighted by Gasteiger charge is -2.38. The van der Waals surface area contributed by atoms with Crippen molar-refractivity contribution < 1.29 is 9.32 Å². The molecule has 8 nitrogen and oxygen atoms in total. The molecule has 0 atom stereocenters. The highest BCUT2D eigenvalue weighted by atomic mass is 16.5. The minimum absolute atomic E-state index is 0.192. The third-order valence-corrected chi connectivity index (χ3v) is 4.61. The van der Waals surface area contributed by atoms with Gasteiger partial charge in [-0.05, 0) is 19.3 Å². The van der Waals surface area contributed by atoms with Crippen LogP contribution in [0.1, 0.15) is 31.1 Å². The molecular formula is C16H20N6O2. The molecule has 2 aromatic heterocycles. The van der Waals surface area contributed by atoms with Crippen molar-refractivity contribution in [3.8, 4) is 11.5 Å². The van der Waals surface area contributed by atoms with Gasteiger partial charge in [0.1, 0.15) is 5.69 Å². The molecule has 1 amide bonds. The van der Waals surface area contributed by atoms with Gasteiger partial charge in [0.2, 0.25) is 17.6 Å². The summed E-state index contributed by atoms with van der Waals surface area (Å²) in [6.45, 7) is 3.85. The number of rotatable bonds is 4. The molecule has 0 saturated carbocycles. The van der Waals surface area contributed by atoms with E-state index >= 15 is 0 Å². The first-order chi connectivity index (χ1) is 11.8. The molecule has 2 aliphatic heterocycles. The maximum Gasteiger partial charge on any atom is 0.236 e. The molecule has 2 aliphatic rings. The lowest BCUT2D eigenvalue weighted by Crippen LogP contribution is -2.51. The number of carbonyl (C=O) groups excluding carboxylic acids is 1. The summed E-state index contributed by atoms with van der Waals surface area (Å²) in [6, 6.07) is 0. The van der Waals surface area contributed by atoms with Gasteiger partial charge < -0.3 is 9.42 Å². The normalized spacial score (nSPS) is 19.2. The molecule has 0 aliphatic carbocycles. The summed E-state index contributed by atoms with van der Waals surface area (Å²) < 4.78 is 5.34. The third-order valence-electron chi connectivity index (χ3n) is 4.61. The number of likely N-dealkylation sites (tertiary alicyclic amines) is 2. The number of amides is 1. The number of nitrogens with zero attached hydrogens (tertiary/aromatic N) is 6. The van der Waals surface area contributed by atoms with Crippen LogP contribution in [0.15, 0.2) is 23.1 Å². The highest BCUT2D eigenvalue weighted by Crippen LogP contribution is 2.27. The Balaban J connectivity index is 1.30. The van der Waals surface area contributed by atoms with Crippen LogP contribution in [0.4, 0.5) is 0 Å². The molecule has 2 aromatic rings. The third kappa shape index (κ3) is 3.14. The van der Waals surface area contributed by atoms with Crippen LogP contribution in [-0.4, -0.2) is 68.5 Å². The molecule has 2 fully saturated rings. The van der Waals surface area contributed by atoms with Gasteiger partial charge in [-0.3, -0.25) is 14.7 Å². The van der Waals surface area contributed by atoms with E-state index < -0.39 is 0 Å². The van der Waals surface area contributed by atoms with Gasteiger partial charge in [0.15, 0.2) is 0 Å². The van der Waals surface area contributed by atoms with E-state index in [0.29, 0.717) is 24.0 Å². The van der Waals surface area contributed by atoms with Crippen LogP contribution >= 0.6 is 0 Å². The van der Waals surface area contributed by atoms with E-state index in [2.05, 4.69) is 25.0 Å². The van der Waals surface area contributed by atoms with Gasteiger partial charge in [0, 0.05) is 38.6 Å². The van der Waals surface area contributed by atoms with Crippen LogP contribution in [0.3, 0.4) is 0 Å². The lowest BCUT2D eigenvalue weighted by atomic mass is 10.00. The SMILES string of the molecule is O=C(CN1CC(c2nc(-c3cnccn3)no2)C1)N1CCCCC1. The first-order valence-electron chi connectivity index (χ1n) is 8.40. The molecule has 8 heteroatoms. The van der Waals surface area contributed by atoms with Gasteiger partial charge in [-0.15, -0.1) is 0 Å². The van der Waals surface area contributed by atoms with Gasteiger partial charge in [0.05, 0.1) is 18.7 Å². The summed E-state index contributed by atoms with van der Waals surface area (Å²) in [6.07, 6.45) is 8.30. The van der Waals surface area contributed by atoms with Crippen LogP contribution in [0.25, 0.3) is 11.5 Å². The zero-order valence-electron chi connectivity index (χ0n) is 13.5. The molecular weight excluding hydrogens is 308 g/mol. The molecule has 4 rings (SSSR count). The van der Waals surface area contributed by atoms with Crippen molar-refractivity contribution >= 4 is 5.91 Å². The Morgan fingerprint density at radius 1 is 1.21 bits per heavy atom. The maximum absolute atomic E-state index is 12.3. The number of hydrogen-bond acceptors (Lipinski definition) is 7. The lowest BCUT2D eigenvalue weighted by molar-refractivity contribution is -0.134. The maximum atomic E-state index is 12.3. The van der Waals surface area contributed by atoms with Crippen molar-refractivity contribution in [2.24, 2.45) is 0 Å². The van der Waals surface area contributed by atoms with Gasteiger partial charge in [0.25, 0.3) is 0 Å². The fourth-order valence-corrected chi connectivity index (χ4v) is 3.21. The topological polar surface area (TPSA) is 88.2 Å². The Labute approximate surface area is 139 Å². The molecule has 0 unspecified atom stereocenters. The molecule has 4 heterocycles. The zero-order valence-corrected chi connectivity index (χ0v) is 13.5. The quantitative estimate of drug-likeness (QED) is 0.825. The second-order valence-corrected chi connectivity index (χ2v) is 6.38. The standard InChI is InChI=1S/C16H20N6O2/c23-14(22-6-2-1-3-7-22)11-21-9-12(10-21)16-19-15(20-24-16)13-8-17-4-5-18-13/h4-5,8,12H,1-3,6-7,9-11H2. The van der Waals surface area contributed by atoms with Gasteiger partial charge in [-0.2, -0.15) is 4.98 Å². The number of aromatic nitrogens is 4. The molecule has 0 bridgehead atoms. The predicted octanol–water partition coefficient (Wildman–Crippen LogP) is 0.938. The van der Waals surface area contributed by atoms with E-state index in [9.17, 15) is 4.79 Å². The Morgan fingerprint density at radius 3 is 2.79 bits per heavy atom. The smallest absolute Gasteiger partial charge is 0.236 e. The van der Waals surface area contributed by atoms with E-state index in [1.165, 1.54) is 6.42 Å². The van der Waals surface area contributed by atoms with Crippen molar-refractivity contribution in [3.05, 3.63) is 24.5 Å². The van der Waals surface area contributed by atoms with E-state index in [4.69, 9.17) is 4.52 Å². The van der Waals surface area contributed by atoms with Crippen molar-refractivity contribution in [1.82, 2.24) is 29.9 Å². The molecule has 0 radical (unpaired) electrons. The van der Waals surface area contributed by atoms with Crippen LogP contribution in [0, 0.1) is 0 Å². The summed E-state index contributed by atoms with van der Waals surface area (Å²) in [5, 5.41) is 3.97. The first kappa shape index (κ1) is 15.2. The highest BCUT2D eigenvalue weighted by Gasteiger charge is 2.34. The van der Waals surface area contributed by atoms with Crippen LogP contribution in [0.2, 0.25) is 0 Å². The highest BCUT2D eigenvalue weighted by molar-refractivity contribution is 5.78. The molecule has 0 N–H and O–H groups in total. The second kappa shape index (κ2) is 6.64. The number of hydrogen-bond donors (Lipinski definition) is 0.